The Hall–Kier alpha value is -2.63. The van der Waals surface area contributed by atoms with Gasteiger partial charge >= 0.3 is 0 Å². The van der Waals surface area contributed by atoms with E-state index in [1.165, 1.54) is 19.2 Å². The second-order valence-corrected chi connectivity index (χ2v) is 4.88. The van der Waals surface area contributed by atoms with E-state index < -0.39 is 0 Å². The fraction of sp³-hybridized carbons (Fsp3) is 0.312. The van der Waals surface area contributed by atoms with Crippen molar-refractivity contribution in [2.24, 2.45) is 7.05 Å². The minimum absolute atomic E-state index is 0.179. The molecule has 0 saturated carbocycles. The molecule has 1 N–H and O–H groups in total. The van der Waals surface area contributed by atoms with Crippen LogP contribution < -0.4 is 15.6 Å². The van der Waals surface area contributed by atoms with Crippen LogP contribution in [-0.4, -0.2) is 22.3 Å². The number of nitrogens with zero attached hydrogens (tertiary/aromatic N) is 2. The predicted molar refractivity (Wildman–Crippen MR) is 83.0 cm³/mol. The molecule has 0 fully saturated rings. The quantitative estimate of drug-likeness (QED) is 0.911. The Morgan fingerprint density at radius 2 is 1.95 bits per heavy atom. The highest BCUT2D eigenvalue weighted by Crippen LogP contribution is 2.17. The zero-order chi connectivity index (χ0) is 16.1. The fourth-order valence-electron chi connectivity index (χ4n) is 2.00. The van der Waals surface area contributed by atoms with Crippen LogP contribution in [0.2, 0.25) is 0 Å². The van der Waals surface area contributed by atoms with Crippen LogP contribution in [-0.2, 0) is 7.05 Å². The van der Waals surface area contributed by atoms with Crippen LogP contribution in [0.3, 0.4) is 0 Å². The highest BCUT2D eigenvalue weighted by molar-refractivity contribution is 5.92. The Labute approximate surface area is 128 Å². The van der Waals surface area contributed by atoms with Gasteiger partial charge in [0.15, 0.2) is 0 Å². The Balaban J connectivity index is 2.07. The maximum atomic E-state index is 12.1. The SMILES string of the molecule is CCOc1ccc([C@@H](C)NC(=O)c2ccc(=O)n(C)n2)cc1. The monoisotopic (exact) mass is 301 g/mol. The largest absolute Gasteiger partial charge is 0.494 e. The van der Waals surface area contributed by atoms with Gasteiger partial charge in [-0.1, -0.05) is 12.1 Å². The average molecular weight is 301 g/mol. The summed E-state index contributed by atoms with van der Waals surface area (Å²) in [6.45, 7) is 4.43. The van der Waals surface area contributed by atoms with Gasteiger partial charge in [-0.05, 0) is 37.6 Å². The first-order valence-corrected chi connectivity index (χ1v) is 7.09. The lowest BCUT2D eigenvalue weighted by Gasteiger charge is -2.14. The maximum absolute atomic E-state index is 12.1. The number of aromatic nitrogens is 2. The Morgan fingerprint density at radius 1 is 1.27 bits per heavy atom. The summed E-state index contributed by atoms with van der Waals surface area (Å²) < 4.78 is 6.52. The van der Waals surface area contributed by atoms with Gasteiger partial charge in [0.2, 0.25) is 0 Å². The average Bonchev–Trinajstić information content (AvgIpc) is 2.51. The van der Waals surface area contributed by atoms with E-state index in [4.69, 9.17) is 4.74 Å². The van der Waals surface area contributed by atoms with Crippen LogP contribution in [0.1, 0.15) is 35.9 Å². The van der Waals surface area contributed by atoms with Crippen molar-refractivity contribution in [1.29, 1.82) is 0 Å². The zero-order valence-electron chi connectivity index (χ0n) is 12.9. The summed E-state index contributed by atoms with van der Waals surface area (Å²) in [6.07, 6.45) is 0. The summed E-state index contributed by atoms with van der Waals surface area (Å²) >= 11 is 0. The Kier molecular flexibility index (Phi) is 4.93. The molecule has 0 bridgehead atoms. The highest BCUT2D eigenvalue weighted by atomic mass is 16.5. The standard InChI is InChI=1S/C16H19N3O3/c1-4-22-13-7-5-12(6-8-13)11(2)17-16(21)14-9-10-15(20)19(3)18-14/h5-11H,4H2,1-3H3,(H,17,21)/t11-/m1/s1. The molecule has 0 aliphatic carbocycles. The molecule has 116 valence electrons. The molecule has 0 spiro atoms. The molecular weight excluding hydrogens is 282 g/mol. The van der Waals surface area contributed by atoms with Gasteiger partial charge in [0.25, 0.3) is 11.5 Å². The summed E-state index contributed by atoms with van der Waals surface area (Å²) in [5, 5.41) is 6.78. The lowest BCUT2D eigenvalue weighted by molar-refractivity contribution is 0.0932. The second kappa shape index (κ2) is 6.89. The van der Waals surface area contributed by atoms with Crippen molar-refractivity contribution in [1.82, 2.24) is 15.1 Å². The maximum Gasteiger partial charge on any atom is 0.272 e. The number of carbonyl (C=O) groups excluding carboxylic acids is 1. The minimum Gasteiger partial charge on any atom is -0.494 e. The van der Waals surface area contributed by atoms with E-state index >= 15 is 0 Å². The van der Waals surface area contributed by atoms with E-state index in [0.717, 1.165) is 16.0 Å². The number of rotatable bonds is 5. The molecule has 1 amide bonds. The molecule has 1 aromatic carbocycles. The first kappa shape index (κ1) is 15.8. The summed E-state index contributed by atoms with van der Waals surface area (Å²) in [6, 6.07) is 10.1. The molecule has 1 atom stereocenters. The van der Waals surface area contributed by atoms with Gasteiger partial charge in [-0.3, -0.25) is 9.59 Å². The molecule has 1 heterocycles. The van der Waals surface area contributed by atoms with E-state index in [1.54, 1.807) is 0 Å². The number of hydrogen-bond donors (Lipinski definition) is 1. The van der Waals surface area contributed by atoms with Gasteiger partial charge < -0.3 is 10.1 Å². The first-order chi connectivity index (χ1) is 10.5. The van der Waals surface area contributed by atoms with E-state index in [9.17, 15) is 9.59 Å². The van der Waals surface area contributed by atoms with Crippen molar-refractivity contribution < 1.29 is 9.53 Å². The van der Waals surface area contributed by atoms with Crippen LogP contribution in [0.15, 0.2) is 41.2 Å². The number of benzene rings is 1. The molecule has 1 aromatic heterocycles. The van der Waals surface area contributed by atoms with Crippen LogP contribution in [0, 0.1) is 0 Å². The number of hydrogen-bond acceptors (Lipinski definition) is 4. The van der Waals surface area contributed by atoms with Crippen molar-refractivity contribution in [2.45, 2.75) is 19.9 Å². The smallest absolute Gasteiger partial charge is 0.272 e. The lowest BCUT2D eigenvalue weighted by atomic mass is 10.1. The van der Waals surface area contributed by atoms with Crippen LogP contribution in [0.25, 0.3) is 0 Å². The van der Waals surface area contributed by atoms with Crippen LogP contribution in [0.4, 0.5) is 0 Å². The van der Waals surface area contributed by atoms with Gasteiger partial charge in [-0.2, -0.15) is 5.10 Å². The summed E-state index contributed by atoms with van der Waals surface area (Å²) in [5.74, 6) is 0.474. The molecular formula is C16H19N3O3. The van der Waals surface area contributed by atoms with E-state index in [2.05, 4.69) is 10.4 Å². The Bertz CT molecular complexity index is 707. The molecule has 0 unspecified atom stereocenters. The molecule has 22 heavy (non-hydrogen) atoms. The fourth-order valence-corrected chi connectivity index (χ4v) is 2.00. The second-order valence-electron chi connectivity index (χ2n) is 4.88. The third kappa shape index (κ3) is 3.72. The van der Waals surface area contributed by atoms with Crippen molar-refractivity contribution in [3.8, 4) is 5.75 Å². The van der Waals surface area contributed by atoms with Crippen molar-refractivity contribution in [3.05, 3.63) is 58.0 Å². The van der Waals surface area contributed by atoms with Crippen molar-refractivity contribution in [3.63, 3.8) is 0 Å². The number of carbonyl (C=O) groups is 1. The van der Waals surface area contributed by atoms with Gasteiger partial charge in [-0.25, -0.2) is 4.68 Å². The minimum atomic E-state index is -0.322. The normalized spacial score (nSPS) is 11.8. The summed E-state index contributed by atoms with van der Waals surface area (Å²) in [5.41, 5.74) is 0.914. The van der Waals surface area contributed by atoms with Crippen LogP contribution >= 0.6 is 0 Å². The number of ether oxygens (including phenoxy) is 1. The highest BCUT2D eigenvalue weighted by Gasteiger charge is 2.13. The topological polar surface area (TPSA) is 73.2 Å². The third-order valence-electron chi connectivity index (χ3n) is 3.23. The molecule has 0 aliphatic heterocycles. The predicted octanol–water partition coefficient (Wildman–Crippen LogP) is 1.67. The van der Waals surface area contributed by atoms with Crippen molar-refractivity contribution >= 4 is 5.91 Å². The molecule has 2 aromatic rings. The summed E-state index contributed by atoms with van der Waals surface area (Å²) in [7, 11) is 1.51. The molecule has 0 saturated heterocycles. The van der Waals surface area contributed by atoms with Gasteiger partial charge in [-0.15, -0.1) is 0 Å². The number of amides is 1. The number of aryl methyl sites for hydroxylation is 1. The summed E-state index contributed by atoms with van der Waals surface area (Å²) in [4.78, 5) is 23.4. The van der Waals surface area contributed by atoms with Crippen LogP contribution in [0.5, 0.6) is 5.75 Å². The van der Waals surface area contributed by atoms with Gasteiger partial charge in [0.1, 0.15) is 11.4 Å². The first-order valence-electron chi connectivity index (χ1n) is 7.09. The Morgan fingerprint density at radius 3 is 2.55 bits per heavy atom. The van der Waals surface area contributed by atoms with Gasteiger partial charge in [0.05, 0.1) is 12.6 Å². The molecule has 2 rings (SSSR count). The van der Waals surface area contributed by atoms with E-state index in [0.29, 0.717) is 6.61 Å². The third-order valence-corrected chi connectivity index (χ3v) is 3.23. The lowest BCUT2D eigenvalue weighted by Crippen LogP contribution is -2.30. The zero-order valence-corrected chi connectivity index (χ0v) is 12.9. The molecule has 0 radical (unpaired) electrons. The van der Waals surface area contributed by atoms with E-state index in [1.807, 2.05) is 38.1 Å². The molecule has 6 heteroatoms. The molecule has 0 aliphatic rings. The molecule has 6 nitrogen and oxygen atoms in total. The number of nitrogens with one attached hydrogen (secondary N) is 1. The van der Waals surface area contributed by atoms with Crippen molar-refractivity contribution in [2.75, 3.05) is 6.61 Å². The van der Waals surface area contributed by atoms with E-state index in [-0.39, 0.29) is 23.2 Å². The van der Waals surface area contributed by atoms with Gasteiger partial charge in [0, 0.05) is 13.1 Å².